The Labute approximate surface area is 103 Å². The molecule has 0 aliphatic heterocycles. The third-order valence-corrected chi connectivity index (χ3v) is 2.67. The average Bonchev–Trinajstić information content (AvgIpc) is 2.38. The lowest BCUT2D eigenvalue weighted by atomic mass is 10.1. The lowest BCUT2D eigenvalue weighted by Gasteiger charge is -2.02. The Bertz CT molecular complexity index is 380. The smallest absolute Gasteiger partial charge is 0.146 e. The molecule has 0 amide bonds. The third kappa shape index (κ3) is 4.85. The fourth-order valence-electron chi connectivity index (χ4n) is 1.69. The maximum atomic E-state index is 11.0. The summed E-state index contributed by atoms with van der Waals surface area (Å²) in [4.78, 5) is 11.0. The van der Waals surface area contributed by atoms with E-state index in [1.807, 2.05) is 30.3 Å². The summed E-state index contributed by atoms with van der Waals surface area (Å²) in [7, 11) is 1.64. The molecule has 0 atom stereocenters. The summed E-state index contributed by atoms with van der Waals surface area (Å²) in [6.07, 6.45) is 7.16. The Morgan fingerprint density at radius 2 is 2.18 bits per heavy atom. The van der Waals surface area contributed by atoms with Crippen LogP contribution in [-0.4, -0.2) is 13.4 Å². The second-order valence-corrected chi connectivity index (χ2v) is 4.07. The second kappa shape index (κ2) is 7.66. The lowest BCUT2D eigenvalue weighted by Crippen LogP contribution is -1.87. The molecule has 0 fully saturated rings. The number of methoxy groups -OCH3 is 1. The molecule has 1 rings (SSSR count). The standard InChI is InChI=1S/C15H20O2/c1-3-4-5-7-14(12-16)10-13-8-6-9-15(11-13)17-2/h6,8-12H,3-5,7H2,1-2H3/b14-10-. The van der Waals surface area contributed by atoms with Gasteiger partial charge in [0.1, 0.15) is 12.0 Å². The van der Waals surface area contributed by atoms with Gasteiger partial charge in [0.25, 0.3) is 0 Å². The van der Waals surface area contributed by atoms with Crippen LogP contribution in [0, 0.1) is 0 Å². The topological polar surface area (TPSA) is 26.3 Å². The molecule has 0 aliphatic carbocycles. The number of unbranched alkanes of at least 4 members (excludes halogenated alkanes) is 2. The van der Waals surface area contributed by atoms with E-state index in [1.54, 1.807) is 7.11 Å². The fourth-order valence-corrected chi connectivity index (χ4v) is 1.69. The van der Waals surface area contributed by atoms with Crippen LogP contribution in [0.2, 0.25) is 0 Å². The van der Waals surface area contributed by atoms with Crippen molar-refractivity contribution in [3.63, 3.8) is 0 Å². The van der Waals surface area contributed by atoms with Crippen molar-refractivity contribution in [2.45, 2.75) is 32.6 Å². The van der Waals surface area contributed by atoms with E-state index < -0.39 is 0 Å². The molecule has 2 heteroatoms. The van der Waals surface area contributed by atoms with Crippen molar-refractivity contribution in [2.75, 3.05) is 7.11 Å². The number of benzene rings is 1. The van der Waals surface area contributed by atoms with E-state index >= 15 is 0 Å². The van der Waals surface area contributed by atoms with Gasteiger partial charge in [-0.05, 0) is 42.2 Å². The molecule has 0 saturated carbocycles. The van der Waals surface area contributed by atoms with Crippen molar-refractivity contribution in [1.82, 2.24) is 0 Å². The molecular weight excluding hydrogens is 212 g/mol. The van der Waals surface area contributed by atoms with Crippen molar-refractivity contribution >= 4 is 12.4 Å². The van der Waals surface area contributed by atoms with Crippen molar-refractivity contribution in [2.24, 2.45) is 0 Å². The SMILES string of the molecule is CCCCC/C(C=O)=C/c1cccc(OC)c1. The first-order chi connectivity index (χ1) is 8.30. The summed E-state index contributed by atoms with van der Waals surface area (Å²) < 4.78 is 5.15. The van der Waals surface area contributed by atoms with E-state index in [2.05, 4.69) is 6.92 Å². The van der Waals surface area contributed by atoms with Crippen LogP contribution < -0.4 is 4.74 Å². The van der Waals surface area contributed by atoms with E-state index in [0.717, 1.165) is 36.0 Å². The number of rotatable bonds is 7. The van der Waals surface area contributed by atoms with Crippen LogP contribution >= 0.6 is 0 Å². The molecule has 0 heterocycles. The molecular formula is C15H20O2. The van der Waals surface area contributed by atoms with Crippen LogP contribution in [-0.2, 0) is 4.79 Å². The molecule has 0 unspecified atom stereocenters. The van der Waals surface area contributed by atoms with Crippen LogP contribution in [0.25, 0.3) is 6.08 Å². The average molecular weight is 232 g/mol. The highest BCUT2D eigenvalue weighted by Crippen LogP contribution is 2.17. The molecule has 0 bridgehead atoms. The minimum absolute atomic E-state index is 0.817. The number of carbonyl (C=O) groups excluding carboxylic acids is 1. The summed E-state index contributed by atoms with van der Waals surface area (Å²) in [5.74, 6) is 0.817. The highest BCUT2D eigenvalue weighted by molar-refractivity contribution is 5.81. The highest BCUT2D eigenvalue weighted by atomic mass is 16.5. The van der Waals surface area contributed by atoms with Gasteiger partial charge in [0.15, 0.2) is 0 Å². The molecule has 2 nitrogen and oxygen atoms in total. The van der Waals surface area contributed by atoms with Crippen LogP contribution in [0.5, 0.6) is 5.75 Å². The zero-order chi connectivity index (χ0) is 12.5. The van der Waals surface area contributed by atoms with Gasteiger partial charge in [-0.3, -0.25) is 4.79 Å². The van der Waals surface area contributed by atoms with E-state index in [0.29, 0.717) is 0 Å². The summed E-state index contributed by atoms with van der Waals surface area (Å²) in [5, 5.41) is 0. The monoisotopic (exact) mass is 232 g/mol. The van der Waals surface area contributed by atoms with Crippen LogP contribution in [0.1, 0.15) is 38.2 Å². The predicted molar refractivity (Wildman–Crippen MR) is 71.2 cm³/mol. The van der Waals surface area contributed by atoms with Crippen LogP contribution in [0.4, 0.5) is 0 Å². The number of ether oxygens (including phenoxy) is 1. The second-order valence-electron chi connectivity index (χ2n) is 4.07. The number of hydrogen-bond donors (Lipinski definition) is 0. The summed E-state index contributed by atoms with van der Waals surface area (Å²) >= 11 is 0. The quantitative estimate of drug-likeness (QED) is 0.405. The van der Waals surface area contributed by atoms with Crippen molar-refractivity contribution in [3.05, 3.63) is 35.4 Å². The molecule has 0 spiro atoms. The molecule has 0 N–H and O–H groups in total. The Hall–Kier alpha value is -1.57. The lowest BCUT2D eigenvalue weighted by molar-refractivity contribution is -0.105. The molecule has 0 saturated heterocycles. The first-order valence-electron chi connectivity index (χ1n) is 6.10. The van der Waals surface area contributed by atoms with Gasteiger partial charge < -0.3 is 4.74 Å². The number of carbonyl (C=O) groups is 1. The summed E-state index contributed by atoms with van der Waals surface area (Å²) in [6.45, 7) is 2.16. The molecule has 0 aromatic heterocycles. The summed E-state index contributed by atoms with van der Waals surface area (Å²) in [6, 6.07) is 7.74. The Morgan fingerprint density at radius 3 is 2.82 bits per heavy atom. The van der Waals surface area contributed by atoms with Crippen molar-refractivity contribution in [1.29, 1.82) is 0 Å². The number of hydrogen-bond acceptors (Lipinski definition) is 2. The van der Waals surface area contributed by atoms with E-state index in [-0.39, 0.29) is 0 Å². The zero-order valence-electron chi connectivity index (χ0n) is 10.6. The number of aldehydes is 1. The van der Waals surface area contributed by atoms with Gasteiger partial charge in [-0.2, -0.15) is 0 Å². The fraction of sp³-hybridized carbons (Fsp3) is 0.400. The summed E-state index contributed by atoms with van der Waals surface area (Å²) in [5.41, 5.74) is 1.87. The normalized spacial score (nSPS) is 11.3. The molecule has 1 aromatic carbocycles. The molecule has 1 aromatic rings. The van der Waals surface area contributed by atoms with E-state index in [1.165, 1.54) is 12.8 Å². The van der Waals surface area contributed by atoms with Crippen LogP contribution in [0.3, 0.4) is 0 Å². The van der Waals surface area contributed by atoms with Gasteiger partial charge in [-0.15, -0.1) is 0 Å². The van der Waals surface area contributed by atoms with Crippen LogP contribution in [0.15, 0.2) is 29.8 Å². The minimum Gasteiger partial charge on any atom is -0.497 e. The highest BCUT2D eigenvalue weighted by Gasteiger charge is 1.98. The van der Waals surface area contributed by atoms with Gasteiger partial charge in [0.05, 0.1) is 7.11 Å². The maximum absolute atomic E-state index is 11.0. The van der Waals surface area contributed by atoms with Crippen molar-refractivity contribution in [3.8, 4) is 5.75 Å². The predicted octanol–water partition coefficient (Wildman–Crippen LogP) is 3.86. The van der Waals surface area contributed by atoms with Gasteiger partial charge in [0.2, 0.25) is 0 Å². The van der Waals surface area contributed by atoms with Crippen molar-refractivity contribution < 1.29 is 9.53 Å². The Morgan fingerprint density at radius 1 is 1.35 bits per heavy atom. The van der Waals surface area contributed by atoms with E-state index in [4.69, 9.17) is 4.74 Å². The molecule has 0 radical (unpaired) electrons. The van der Waals surface area contributed by atoms with E-state index in [9.17, 15) is 4.79 Å². The van der Waals surface area contributed by atoms with Gasteiger partial charge in [-0.1, -0.05) is 31.9 Å². The number of allylic oxidation sites excluding steroid dienone is 1. The molecule has 92 valence electrons. The largest absolute Gasteiger partial charge is 0.497 e. The van der Waals surface area contributed by atoms with Gasteiger partial charge in [-0.25, -0.2) is 0 Å². The van der Waals surface area contributed by atoms with Gasteiger partial charge >= 0.3 is 0 Å². The maximum Gasteiger partial charge on any atom is 0.146 e. The first kappa shape index (κ1) is 13.5. The third-order valence-electron chi connectivity index (χ3n) is 2.67. The van der Waals surface area contributed by atoms with Gasteiger partial charge in [0, 0.05) is 0 Å². The Balaban J connectivity index is 2.71. The minimum atomic E-state index is 0.817. The molecule has 17 heavy (non-hydrogen) atoms. The first-order valence-corrected chi connectivity index (χ1v) is 6.10. The Kier molecular flexibility index (Phi) is 6.08. The molecule has 0 aliphatic rings. The zero-order valence-corrected chi connectivity index (χ0v) is 10.6.